The Kier molecular flexibility index (Phi) is 3.17. The Labute approximate surface area is 143 Å². The molecule has 0 saturated heterocycles. The quantitative estimate of drug-likeness (QED) is 0.907. The Morgan fingerprint density at radius 2 is 1.29 bits per heavy atom. The van der Waals surface area contributed by atoms with E-state index in [-0.39, 0.29) is 17.9 Å². The van der Waals surface area contributed by atoms with Gasteiger partial charge < -0.3 is 10.2 Å². The number of aliphatic hydroxyl groups excluding tert-OH is 1. The largest absolute Gasteiger partial charge is 0.393 e. The van der Waals surface area contributed by atoms with Crippen LogP contribution in [-0.2, 0) is 5.60 Å². The van der Waals surface area contributed by atoms with E-state index in [2.05, 4.69) is 0 Å². The topological polar surface area (TPSA) is 40.5 Å². The summed E-state index contributed by atoms with van der Waals surface area (Å²) in [6.45, 7) is 0. The zero-order valence-corrected chi connectivity index (χ0v) is 13.8. The van der Waals surface area contributed by atoms with Crippen LogP contribution in [0.4, 0.5) is 0 Å². The van der Waals surface area contributed by atoms with E-state index in [1.54, 1.807) is 0 Å². The molecule has 3 saturated carbocycles. The van der Waals surface area contributed by atoms with Crippen LogP contribution < -0.4 is 0 Å². The highest BCUT2D eigenvalue weighted by molar-refractivity contribution is 5.38. The molecule has 0 amide bonds. The summed E-state index contributed by atoms with van der Waals surface area (Å²) in [6, 6.07) is 20.1. The monoisotopic (exact) mass is 320 g/mol. The van der Waals surface area contributed by atoms with Crippen molar-refractivity contribution in [2.75, 3.05) is 0 Å². The fourth-order valence-corrected chi connectivity index (χ4v) is 6.34. The van der Waals surface area contributed by atoms with E-state index < -0.39 is 5.60 Å². The molecule has 3 aliphatic rings. The molecule has 6 atom stereocenters. The summed E-state index contributed by atoms with van der Waals surface area (Å²) < 4.78 is 0. The number of aliphatic hydroxyl groups is 2. The van der Waals surface area contributed by atoms with Crippen molar-refractivity contribution in [1.82, 2.24) is 0 Å². The summed E-state index contributed by atoms with van der Waals surface area (Å²) >= 11 is 0. The zero-order valence-electron chi connectivity index (χ0n) is 13.8. The average Bonchev–Trinajstić information content (AvgIpc) is 3.28. The lowest BCUT2D eigenvalue weighted by Crippen LogP contribution is -2.46. The van der Waals surface area contributed by atoms with E-state index in [1.165, 1.54) is 12.8 Å². The molecule has 2 N–H and O–H groups in total. The van der Waals surface area contributed by atoms with E-state index >= 15 is 0 Å². The van der Waals surface area contributed by atoms with Gasteiger partial charge in [0, 0.05) is 5.92 Å². The minimum atomic E-state index is -1.01. The van der Waals surface area contributed by atoms with Crippen molar-refractivity contribution in [3.63, 3.8) is 0 Å². The summed E-state index contributed by atoms with van der Waals surface area (Å²) in [6.07, 6.45) is 3.21. The molecular weight excluding hydrogens is 296 g/mol. The predicted molar refractivity (Wildman–Crippen MR) is 93.2 cm³/mol. The molecule has 0 heterocycles. The van der Waals surface area contributed by atoms with Gasteiger partial charge in [0.2, 0.25) is 0 Å². The molecule has 0 aromatic heterocycles. The van der Waals surface area contributed by atoms with Gasteiger partial charge >= 0.3 is 0 Å². The van der Waals surface area contributed by atoms with Crippen molar-refractivity contribution in [3.05, 3.63) is 71.8 Å². The van der Waals surface area contributed by atoms with Gasteiger partial charge in [0.15, 0.2) is 0 Å². The summed E-state index contributed by atoms with van der Waals surface area (Å²) in [4.78, 5) is 0. The Balaban J connectivity index is 1.64. The zero-order chi connectivity index (χ0) is 16.3. The number of hydrogen-bond donors (Lipinski definition) is 2. The van der Waals surface area contributed by atoms with Crippen molar-refractivity contribution in [3.8, 4) is 0 Å². The van der Waals surface area contributed by atoms with Gasteiger partial charge in [-0.25, -0.2) is 0 Å². The summed E-state index contributed by atoms with van der Waals surface area (Å²) in [7, 11) is 0. The molecule has 124 valence electrons. The molecule has 2 nitrogen and oxygen atoms in total. The molecule has 2 aromatic rings. The van der Waals surface area contributed by atoms with Crippen LogP contribution in [0, 0.1) is 29.6 Å². The van der Waals surface area contributed by atoms with Gasteiger partial charge in [-0.15, -0.1) is 0 Å². The first kappa shape index (κ1) is 14.7. The molecular formula is C22H24O2. The van der Waals surface area contributed by atoms with Crippen molar-refractivity contribution < 1.29 is 10.2 Å². The third-order valence-corrected chi connectivity index (χ3v) is 7.22. The van der Waals surface area contributed by atoms with Crippen LogP contribution >= 0.6 is 0 Å². The second-order valence-corrected chi connectivity index (χ2v) is 7.98. The first-order chi connectivity index (χ1) is 11.7. The molecule has 3 fully saturated rings. The first-order valence-corrected chi connectivity index (χ1v) is 9.22. The van der Waals surface area contributed by atoms with Gasteiger partial charge in [0.05, 0.1) is 6.10 Å². The van der Waals surface area contributed by atoms with E-state index in [0.717, 1.165) is 17.5 Å². The van der Waals surface area contributed by atoms with Crippen LogP contribution in [0.1, 0.15) is 30.4 Å². The molecule has 24 heavy (non-hydrogen) atoms. The minimum Gasteiger partial charge on any atom is -0.393 e. The van der Waals surface area contributed by atoms with Crippen molar-refractivity contribution in [2.24, 2.45) is 29.6 Å². The van der Waals surface area contributed by atoms with Crippen LogP contribution in [0.15, 0.2) is 60.7 Å². The summed E-state index contributed by atoms with van der Waals surface area (Å²) in [5.74, 6) is 2.03. The molecule has 4 bridgehead atoms. The first-order valence-electron chi connectivity index (χ1n) is 9.22. The van der Waals surface area contributed by atoms with E-state index in [9.17, 15) is 10.2 Å². The van der Waals surface area contributed by atoms with E-state index in [0.29, 0.717) is 17.8 Å². The highest BCUT2D eigenvalue weighted by Crippen LogP contribution is 2.67. The van der Waals surface area contributed by atoms with Gasteiger partial charge in [-0.1, -0.05) is 60.7 Å². The second-order valence-electron chi connectivity index (χ2n) is 7.98. The maximum Gasteiger partial charge on any atom is 0.118 e. The fraction of sp³-hybridized carbons (Fsp3) is 0.455. The minimum absolute atomic E-state index is 0.101. The third-order valence-electron chi connectivity index (χ3n) is 7.22. The average molecular weight is 320 g/mol. The Hall–Kier alpha value is -1.64. The van der Waals surface area contributed by atoms with E-state index in [4.69, 9.17) is 0 Å². The lowest BCUT2D eigenvalue weighted by Gasteiger charge is -2.44. The Morgan fingerprint density at radius 3 is 1.79 bits per heavy atom. The molecule has 5 rings (SSSR count). The van der Waals surface area contributed by atoms with Gasteiger partial charge in [-0.3, -0.25) is 0 Å². The molecule has 3 aliphatic carbocycles. The molecule has 0 unspecified atom stereocenters. The maximum atomic E-state index is 12.0. The van der Waals surface area contributed by atoms with Crippen LogP contribution in [0.5, 0.6) is 0 Å². The highest BCUT2D eigenvalue weighted by atomic mass is 16.3. The van der Waals surface area contributed by atoms with Crippen LogP contribution in [-0.4, -0.2) is 16.3 Å². The van der Waals surface area contributed by atoms with Gasteiger partial charge in [-0.05, 0) is 54.1 Å². The molecule has 0 radical (unpaired) electrons. The van der Waals surface area contributed by atoms with Crippen molar-refractivity contribution in [1.29, 1.82) is 0 Å². The van der Waals surface area contributed by atoms with Gasteiger partial charge in [0.1, 0.15) is 5.60 Å². The Morgan fingerprint density at radius 1 is 0.750 bits per heavy atom. The highest BCUT2D eigenvalue weighted by Gasteiger charge is 2.65. The summed E-state index contributed by atoms with van der Waals surface area (Å²) in [5, 5.41) is 22.8. The lowest BCUT2D eigenvalue weighted by atomic mass is 9.65. The van der Waals surface area contributed by atoms with Crippen molar-refractivity contribution in [2.45, 2.75) is 31.0 Å². The maximum absolute atomic E-state index is 12.0. The van der Waals surface area contributed by atoms with E-state index in [1.807, 2.05) is 60.7 Å². The second kappa shape index (κ2) is 5.18. The van der Waals surface area contributed by atoms with Gasteiger partial charge in [-0.2, -0.15) is 0 Å². The Bertz CT molecular complexity index is 687. The third kappa shape index (κ3) is 1.79. The number of benzene rings is 2. The standard InChI is InChI=1S/C22H24O2/c23-21-17-12-11-16-18(17)13-19(20(16)21)22(24,14-7-3-1-4-8-14)15-9-5-2-6-10-15/h1-10,16-21,23-24H,11-13H2/t16-,17-,18+,19+,20+,21-/m1/s1. The smallest absolute Gasteiger partial charge is 0.118 e. The molecule has 2 heteroatoms. The normalized spacial score (nSPS) is 37.1. The fourth-order valence-electron chi connectivity index (χ4n) is 6.34. The van der Waals surface area contributed by atoms with Crippen LogP contribution in [0.25, 0.3) is 0 Å². The van der Waals surface area contributed by atoms with Crippen molar-refractivity contribution >= 4 is 0 Å². The van der Waals surface area contributed by atoms with Gasteiger partial charge in [0.25, 0.3) is 0 Å². The van der Waals surface area contributed by atoms with Crippen LogP contribution in [0.3, 0.4) is 0 Å². The predicted octanol–water partition coefficient (Wildman–Crippen LogP) is 3.58. The lowest BCUT2D eigenvalue weighted by molar-refractivity contribution is -0.0722. The molecule has 0 spiro atoms. The SMILES string of the molecule is O[C@@H]1[C@@H]2CC[C@@H]3[C@@H]2C[C@H](C(O)(c2ccccc2)c2ccccc2)[C@@H]13. The molecule has 0 aliphatic heterocycles. The summed E-state index contributed by atoms with van der Waals surface area (Å²) in [5.41, 5.74) is 0.900. The molecule has 2 aromatic carbocycles. The number of rotatable bonds is 3. The number of hydrogen-bond acceptors (Lipinski definition) is 2. The van der Waals surface area contributed by atoms with Crippen LogP contribution in [0.2, 0.25) is 0 Å².